The number of methoxy groups -OCH3 is 1. The van der Waals surface area contributed by atoms with E-state index in [1.807, 2.05) is 71.9 Å². The SMILES string of the molecule is CC.CC.CC.CCC.COc1ccccc1. The third-order valence-electron chi connectivity index (χ3n) is 0.979. The Balaban J connectivity index is -0.0000000801. The molecule has 104 valence electrons. The first-order valence-corrected chi connectivity index (χ1v) is 6.94. The summed E-state index contributed by atoms with van der Waals surface area (Å²) in [5, 5.41) is 0. The Hall–Kier alpha value is -0.980. The zero-order valence-corrected chi connectivity index (χ0v) is 13.5. The van der Waals surface area contributed by atoms with Crippen molar-refractivity contribution in [1.82, 2.24) is 0 Å². The van der Waals surface area contributed by atoms with Crippen LogP contribution in [0.15, 0.2) is 30.3 Å². The van der Waals surface area contributed by atoms with Gasteiger partial charge in [-0.05, 0) is 12.1 Å². The summed E-state index contributed by atoms with van der Waals surface area (Å²) in [6.45, 7) is 16.2. The first-order valence-electron chi connectivity index (χ1n) is 6.94. The molecular weight excluding hydrogens is 208 g/mol. The topological polar surface area (TPSA) is 9.23 Å². The van der Waals surface area contributed by atoms with Crippen LogP contribution in [-0.2, 0) is 0 Å². The summed E-state index contributed by atoms with van der Waals surface area (Å²) in [7, 11) is 1.66. The summed E-state index contributed by atoms with van der Waals surface area (Å²) in [6, 6.07) is 9.68. The zero-order valence-electron chi connectivity index (χ0n) is 13.5. The van der Waals surface area contributed by atoms with E-state index < -0.39 is 0 Å². The molecule has 1 rings (SSSR count). The van der Waals surface area contributed by atoms with Crippen molar-refractivity contribution in [1.29, 1.82) is 0 Å². The van der Waals surface area contributed by atoms with Gasteiger partial charge in [0.1, 0.15) is 5.75 Å². The van der Waals surface area contributed by atoms with Gasteiger partial charge in [0, 0.05) is 0 Å². The third kappa shape index (κ3) is 31.3. The van der Waals surface area contributed by atoms with Gasteiger partial charge in [-0.15, -0.1) is 0 Å². The Kier molecular flexibility index (Phi) is 53.4. The van der Waals surface area contributed by atoms with Gasteiger partial charge in [-0.25, -0.2) is 0 Å². The van der Waals surface area contributed by atoms with Gasteiger partial charge in [-0.1, -0.05) is 80.0 Å². The van der Waals surface area contributed by atoms with E-state index in [1.165, 1.54) is 6.42 Å². The normalized spacial score (nSPS) is 6.18. The second kappa shape index (κ2) is 36.3. The van der Waals surface area contributed by atoms with Crippen molar-refractivity contribution in [3.63, 3.8) is 0 Å². The van der Waals surface area contributed by atoms with Crippen LogP contribution in [-0.4, -0.2) is 7.11 Å². The highest BCUT2D eigenvalue weighted by Crippen LogP contribution is 2.05. The third-order valence-corrected chi connectivity index (χ3v) is 0.979. The van der Waals surface area contributed by atoms with Gasteiger partial charge >= 0.3 is 0 Å². The predicted octanol–water partition coefficient (Wildman–Crippen LogP) is 6.19. The van der Waals surface area contributed by atoms with Gasteiger partial charge in [0.2, 0.25) is 0 Å². The minimum atomic E-state index is 0.910. The number of ether oxygens (including phenoxy) is 1. The monoisotopic (exact) mass is 242 g/mol. The van der Waals surface area contributed by atoms with Gasteiger partial charge in [-0.2, -0.15) is 0 Å². The maximum atomic E-state index is 4.91. The molecular formula is C16H34O. The molecule has 0 spiro atoms. The van der Waals surface area contributed by atoms with Gasteiger partial charge < -0.3 is 4.74 Å². The molecule has 1 aromatic rings. The van der Waals surface area contributed by atoms with E-state index in [9.17, 15) is 0 Å². The number of hydrogen-bond acceptors (Lipinski definition) is 1. The van der Waals surface area contributed by atoms with Crippen LogP contribution in [0.4, 0.5) is 0 Å². The van der Waals surface area contributed by atoms with E-state index in [-0.39, 0.29) is 0 Å². The summed E-state index contributed by atoms with van der Waals surface area (Å²) in [5.41, 5.74) is 0. The van der Waals surface area contributed by atoms with Gasteiger partial charge in [0.25, 0.3) is 0 Å². The minimum absolute atomic E-state index is 0.910. The fourth-order valence-corrected chi connectivity index (χ4v) is 0.557. The van der Waals surface area contributed by atoms with Crippen molar-refractivity contribution in [2.24, 2.45) is 0 Å². The quantitative estimate of drug-likeness (QED) is 0.570. The van der Waals surface area contributed by atoms with Crippen LogP contribution in [0.2, 0.25) is 0 Å². The van der Waals surface area contributed by atoms with E-state index in [0.717, 1.165) is 5.75 Å². The molecule has 0 unspecified atom stereocenters. The molecule has 0 atom stereocenters. The average Bonchev–Trinajstić information content (AvgIpc) is 2.47. The molecule has 0 aliphatic heterocycles. The maximum Gasteiger partial charge on any atom is 0.118 e. The lowest BCUT2D eigenvalue weighted by Gasteiger charge is -1.93. The number of hydrogen-bond donors (Lipinski definition) is 0. The molecule has 0 saturated carbocycles. The maximum absolute atomic E-state index is 4.91. The zero-order chi connectivity index (χ0) is 14.5. The number of rotatable bonds is 1. The summed E-state index contributed by atoms with van der Waals surface area (Å²) >= 11 is 0. The van der Waals surface area contributed by atoms with Crippen LogP contribution in [0.25, 0.3) is 0 Å². The van der Waals surface area contributed by atoms with Gasteiger partial charge in [0.05, 0.1) is 7.11 Å². The van der Waals surface area contributed by atoms with Gasteiger partial charge in [0.15, 0.2) is 0 Å². The summed E-state index contributed by atoms with van der Waals surface area (Å²) < 4.78 is 4.91. The highest BCUT2D eigenvalue weighted by Gasteiger charge is 1.80. The van der Waals surface area contributed by atoms with Crippen molar-refractivity contribution in [2.45, 2.75) is 61.8 Å². The predicted molar refractivity (Wildman–Crippen MR) is 83.0 cm³/mol. The van der Waals surface area contributed by atoms with Crippen molar-refractivity contribution < 1.29 is 4.74 Å². The summed E-state index contributed by atoms with van der Waals surface area (Å²) in [5.74, 6) is 0.910. The van der Waals surface area contributed by atoms with Crippen LogP contribution in [0.5, 0.6) is 5.75 Å². The lowest BCUT2D eigenvalue weighted by Crippen LogP contribution is -1.78. The summed E-state index contributed by atoms with van der Waals surface area (Å²) in [4.78, 5) is 0. The average molecular weight is 242 g/mol. The summed E-state index contributed by atoms with van der Waals surface area (Å²) in [6.07, 6.45) is 1.25. The number of para-hydroxylation sites is 1. The molecule has 0 aliphatic carbocycles. The molecule has 1 heteroatoms. The van der Waals surface area contributed by atoms with E-state index in [4.69, 9.17) is 4.74 Å². The molecule has 0 fully saturated rings. The molecule has 1 nitrogen and oxygen atoms in total. The Morgan fingerprint density at radius 2 is 1.06 bits per heavy atom. The second-order valence-corrected chi connectivity index (χ2v) is 2.22. The Morgan fingerprint density at radius 3 is 1.24 bits per heavy atom. The molecule has 1 aromatic carbocycles. The molecule has 0 radical (unpaired) electrons. The lowest BCUT2D eigenvalue weighted by atomic mass is 10.3. The Morgan fingerprint density at radius 1 is 0.765 bits per heavy atom. The molecule has 0 N–H and O–H groups in total. The van der Waals surface area contributed by atoms with Crippen LogP contribution in [0.3, 0.4) is 0 Å². The fourth-order valence-electron chi connectivity index (χ4n) is 0.557. The second-order valence-electron chi connectivity index (χ2n) is 2.22. The smallest absolute Gasteiger partial charge is 0.118 e. The van der Waals surface area contributed by atoms with E-state index in [0.29, 0.717) is 0 Å². The van der Waals surface area contributed by atoms with Crippen LogP contribution in [0, 0.1) is 0 Å². The molecule has 0 aliphatic rings. The van der Waals surface area contributed by atoms with Crippen molar-refractivity contribution >= 4 is 0 Å². The highest BCUT2D eigenvalue weighted by molar-refractivity contribution is 5.20. The van der Waals surface area contributed by atoms with Crippen LogP contribution >= 0.6 is 0 Å². The molecule has 0 aromatic heterocycles. The Bertz CT molecular complexity index is 158. The first kappa shape index (κ1) is 25.0. The fraction of sp³-hybridized carbons (Fsp3) is 0.625. The minimum Gasteiger partial charge on any atom is -0.497 e. The number of benzene rings is 1. The molecule has 17 heavy (non-hydrogen) atoms. The van der Waals surface area contributed by atoms with E-state index in [1.54, 1.807) is 7.11 Å². The lowest BCUT2D eigenvalue weighted by molar-refractivity contribution is 0.415. The molecule has 0 heterocycles. The highest BCUT2D eigenvalue weighted by atomic mass is 16.5. The van der Waals surface area contributed by atoms with E-state index >= 15 is 0 Å². The molecule has 0 saturated heterocycles. The largest absolute Gasteiger partial charge is 0.497 e. The van der Waals surface area contributed by atoms with Gasteiger partial charge in [-0.3, -0.25) is 0 Å². The van der Waals surface area contributed by atoms with Crippen molar-refractivity contribution in [3.05, 3.63) is 30.3 Å². The Labute approximate surface area is 110 Å². The van der Waals surface area contributed by atoms with Crippen LogP contribution < -0.4 is 4.74 Å². The standard InChI is InChI=1S/C7H8O.C3H8.3C2H6/c1-8-7-5-3-2-4-6-7;1-3-2;3*1-2/h2-6H,1H3;3H2,1-2H3;3*1-2H3. The van der Waals surface area contributed by atoms with Crippen LogP contribution in [0.1, 0.15) is 61.8 Å². The first-order chi connectivity index (χ1) is 8.35. The van der Waals surface area contributed by atoms with Crippen molar-refractivity contribution in [3.8, 4) is 5.75 Å². The van der Waals surface area contributed by atoms with Crippen molar-refractivity contribution in [2.75, 3.05) is 7.11 Å². The molecule has 0 amide bonds. The molecule has 0 bridgehead atoms. The van der Waals surface area contributed by atoms with E-state index in [2.05, 4.69) is 13.8 Å².